The van der Waals surface area contributed by atoms with E-state index in [0.717, 1.165) is 34.8 Å². The third-order valence-electron chi connectivity index (χ3n) is 4.67. The van der Waals surface area contributed by atoms with Gasteiger partial charge in [-0.05, 0) is 30.9 Å². The number of carbonyl (C=O) groups is 1. The number of anilines is 1. The van der Waals surface area contributed by atoms with Gasteiger partial charge in [0.05, 0.1) is 12.8 Å². The van der Waals surface area contributed by atoms with E-state index >= 15 is 0 Å². The summed E-state index contributed by atoms with van der Waals surface area (Å²) in [5.41, 5.74) is 2.26. The number of nitrogens with one attached hydrogen (secondary N) is 1. The van der Waals surface area contributed by atoms with Crippen LogP contribution in [0, 0.1) is 5.92 Å². The van der Waals surface area contributed by atoms with Crippen molar-refractivity contribution in [1.29, 1.82) is 0 Å². The van der Waals surface area contributed by atoms with Crippen LogP contribution in [0.5, 0.6) is 5.75 Å². The molecule has 1 aliphatic rings. The lowest BCUT2D eigenvalue weighted by Crippen LogP contribution is -2.21. The fourth-order valence-electron chi connectivity index (χ4n) is 3.18. The molecule has 4 heteroatoms. The first-order valence-electron chi connectivity index (χ1n) is 8.04. The predicted molar refractivity (Wildman–Crippen MR) is 90.9 cm³/mol. The van der Waals surface area contributed by atoms with Crippen LogP contribution in [0.15, 0.2) is 40.8 Å². The monoisotopic (exact) mass is 309 g/mol. The Morgan fingerprint density at radius 3 is 2.78 bits per heavy atom. The molecule has 1 aromatic heterocycles. The van der Waals surface area contributed by atoms with E-state index in [-0.39, 0.29) is 5.91 Å². The number of hydrogen-bond donors (Lipinski definition) is 1. The molecule has 0 aliphatic heterocycles. The number of carbonyl (C=O) groups excluding carboxylic acids is 1. The van der Waals surface area contributed by atoms with Crippen molar-refractivity contribution in [2.24, 2.45) is 5.92 Å². The van der Waals surface area contributed by atoms with Crippen molar-refractivity contribution in [1.82, 2.24) is 0 Å². The average Bonchev–Trinajstić information content (AvgIpc) is 2.87. The maximum atomic E-state index is 12.2. The van der Waals surface area contributed by atoms with Crippen molar-refractivity contribution in [3.63, 3.8) is 0 Å². The Bertz CT molecular complexity index is 877. The van der Waals surface area contributed by atoms with Crippen molar-refractivity contribution in [2.75, 3.05) is 12.4 Å². The van der Waals surface area contributed by atoms with Gasteiger partial charge >= 0.3 is 0 Å². The summed E-state index contributed by atoms with van der Waals surface area (Å²) < 4.78 is 11.3. The summed E-state index contributed by atoms with van der Waals surface area (Å²) >= 11 is 0. The molecule has 1 fully saturated rings. The maximum absolute atomic E-state index is 12.2. The van der Waals surface area contributed by atoms with Gasteiger partial charge in [-0.1, -0.05) is 24.6 Å². The second-order valence-electron chi connectivity index (χ2n) is 6.20. The molecule has 1 N–H and O–H groups in total. The molecule has 0 spiro atoms. The van der Waals surface area contributed by atoms with E-state index in [1.807, 2.05) is 36.4 Å². The van der Waals surface area contributed by atoms with Crippen LogP contribution < -0.4 is 10.1 Å². The van der Waals surface area contributed by atoms with E-state index in [1.54, 1.807) is 7.11 Å². The van der Waals surface area contributed by atoms with Gasteiger partial charge in [-0.15, -0.1) is 0 Å². The molecule has 0 unspecified atom stereocenters. The number of para-hydroxylation sites is 1. The number of fused-ring (bicyclic) bond motifs is 3. The van der Waals surface area contributed by atoms with Crippen molar-refractivity contribution < 1.29 is 13.9 Å². The minimum Gasteiger partial charge on any atom is -0.495 e. The van der Waals surface area contributed by atoms with Gasteiger partial charge in [-0.3, -0.25) is 4.79 Å². The first-order valence-corrected chi connectivity index (χ1v) is 8.04. The number of hydrogen-bond acceptors (Lipinski definition) is 3. The third-order valence-corrected chi connectivity index (χ3v) is 4.67. The standard InChI is InChI=1S/C19H19NO3/c1-22-18-10-14-13-7-2-3-8-16(13)23-17(14)11-15(18)20-19(21)9-12-5-4-6-12/h2-3,7-8,10-12H,4-6,9H2,1H3,(H,20,21). The first-order chi connectivity index (χ1) is 11.2. The molecule has 23 heavy (non-hydrogen) atoms. The van der Waals surface area contributed by atoms with Gasteiger partial charge in [-0.2, -0.15) is 0 Å². The maximum Gasteiger partial charge on any atom is 0.224 e. The molecule has 1 heterocycles. The van der Waals surface area contributed by atoms with Gasteiger partial charge in [0.15, 0.2) is 0 Å². The van der Waals surface area contributed by atoms with Crippen molar-refractivity contribution in [3.8, 4) is 5.75 Å². The zero-order valence-corrected chi connectivity index (χ0v) is 13.1. The second kappa shape index (κ2) is 5.61. The van der Waals surface area contributed by atoms with Crippen LogP contribution >= 0.6 is 0 Å². The third kappa shape index (κ3) is 2.54. The molecule has 0 radical (unpaired) electrons. The van der Waals surface area contributed by atoms with Crippen LogP contribution in [0.25, 0.3) is 21.9 Å². The normalized spacial score (nSPS) is 14.8. The molecule has 0 saturated heterocycles. The van der Waals surface area contributed by atoms with Crippen molar-refractivity contribution in [2.45, 2.75) is 25.7 Å². The highest BCUT2D eigenvalue weighted by atomic mass is 16.5. The lowest BCUT2D eigenvalue weighted by Gasteiger charge is -2.24. The van der Waals surface area contributed by atoms with Crippen molar-refractivity contribution >= 4 is 33.5 Å². The first kappa shape index (κ1) is 14.1. The van der Waals surface area contributed by atoms with Crippen LogP contribution in [0.3, 0.4) is 0 Å². The lowest BCUT2D eigenvalue weighted by atomic mass is 9.83. The summed E-state index contributed by atoms with van der Waals surface area (Å²) in [6, 6.07) is 11.7. The number of benzene rings is 2. The SMILES string of the molecule is COc1cc2c(cc1NC(=O)CC1CCC1)oc1ccccc12. The van der Waals surface area contributed by atoms with E-state index in [9.17, 15) is 4.79 Å². The van der Waals surface area contributed by atoms with Crippen LogP contribution in [-0.4, -0.2) is 13.0 Å². The van der Waals surface area contributed by atoms with Gasteiger partial charge in [0.2, 0.25) is 5.91 Å². The van der Waals surface area contributed by atoms with E-state index < -0.39 is 0 Å². The summed E-state index contributed by atoms with van der Waals surface area (Å²) in [6.45, 7) is 0. The highest BCUT2D eigenvalue weighted by Gasteiger charge is 2.21. The lowest BCUT2D eigenvalue weighted by molar-refractivity contribution is -0.117. The fraction of sp³-hybridized carbons (Fsp3) is 0.316. The number of methoxy groups -OCH3 is 1. The second-order valence-corrected chi connectivity index (χ2v) is 6.20. The Morgan fingerprint density at radius 2 is 2.04 bits per heavy atom. The van der Waals surface area contributed by atoms with Crippen LogP contribution in [0.2, 0.25) is 0 Å². The average molecular weight is 309 g/mol. The number of furan rings is 1. The van der Waals surface area contributed by atoms with E-state index in [1.165, 1.54) is 6.42 Å². The summed E-state index contributed by atoms with van der Waals surface area (Å²) in [5.74, 6) is 1.24. The highest BCUT2D eigenvalue weighted by molar-refractivity contribution is 6.07. The smallest absolute Gasteiger partial charge is 0.224 e. The molecule has 2 aromatic carbocycles. The molecule has 4 nitrogen and oxygen atoms in total. The minimum atomic E-state index is 0.0449. The molecule has 1 aliphatic carbocycles. The topological polar surface area (TPSA) is 51.5 Å². The summed E-state index contributed by atoms with van der Waals surface area (Å²) in [6.07, 6.45) is 4.15. The van der Waals surface area contributed by atoms with Gasteiger partial charge in [0.1, 0.15) is 16.9 Å². The Labute approximate surface area is 134 Å². The molecule has 0 bridgehead atoms. The van der Waals surface area contributed by atoms with Crippen molar-refractivity contribution in [3.05, 3.63) is 36.4 Å². The molecule has 1 amide bonds. The Balaban J connectivity index is 1.70. The zero-order valence-electron chi connectivity index (χ0n) is 13.1. The molecular weight excluding hydrogens is 290 g/mol. The summed E-state index contributed by atoms with van der Waals surface area (Å²) in [7, 11) is 1.62. The van der Waals surface area contributed by atoms with E-state index in [0.29, 0.717) is 23.8 Å². The number of ether oxygens (including phenoxy) is 1. The molecule has 4 rings (SSSR count). The van der Waals surface area contributed by atoms with Gasteiger partial charge < -0.3 is 14.5 Å². The van der Waals surface area contributed by atoms with Crippen LogP contribution in [-0.2, 0) is 4.79 Å². The molecule has 1 saturated carbocycles. The van der Waals surface area contributed by atoms with Gasteiger partial charge in [-0.25, -0.2) is 0 Å². The molecular formula is C19H19NO3. The van der Waals surface area contributed by atoms with Crippen LogP contribution in [0.1, 0.15) is 25.7 Å². The van der Waals surface area contributed by atoms with E-state index in [2.05, 4.69) is 5.32 Å². The molecule has 118 valence electrons. The number of amides is 1. The summed E-state index contributed by atoms with van der Waals surface area (Å²) in [4.78, 5) is 12.2. The Hall–Kier alpha value is -2.49. The number of rotatable bonds is 4. The van der Waals surface area contributed by atoms with Gasteiger partial charge in [0.25, 0.3) is 0 Å². The molecule has 0 atom stereocenters. The highest BCUT2D eigenvalue weighted by Crippen LogP contribution is 2.37. The minimum absolute atomic E-state index is 0.0449. The Kier molecular flexibility index (Phi) is 3.45. The van der Waals surface area contributed by atoms with E-state index in [4.69, 9.17) is 9.15 Å². The zero-order chi connectivity index (χ0) is 15.8. The Morgan fingerprint density at radius 1 is 1.22 bits per heavy atom. The van der Waals surface area contributed by atoms with Gasteiger partial charge in [0, 0.05) is 23.3 Å². The van der Waals surface area contributed by atoms with Crippen LogP contribution in [0.4, 0.5) is 5.69 Å². The molecule has 3 aromatic rings. The quantitative estimate of drug-likeness (QED) is 0.758. The largest absolute Gasteiger partial charge is 0.495 e. The fourth-order valence-corrected chi connectivity index (χ4v) is 3.18. The summed E-state index contributed by atoms with van der Waals surface area (Å²) in [5, 5.41) is 5.02. The predicted octanol–water partition coefficient (Wildman–Crippen LogP) is 4.72.